The molecule has 2 N–H and O–H groups in total. The zero-order chi connectivity index (χ0) is 17.0. The summed E-state index contributed by atoms with van der Waals surface area (Å²) in [5.74, 6) is -0.166. The van der Waals surface area contributed by atoms with E-state index in [2.05, 4.69) is 0 Å². The normalized spacial score (nSPS) is 11.1. The number of benzene rings is 2. The summed E-state index contributed by atoms with van der Waals surface area (Å²) in [4.78, 5) is 23.8. The fourth-order valence-electron chi connectivity index (χ4n) is 2.45. The van der Waals surface area contributed by atoms with Crippen molar-refractivity contribution in [2.24, 2.45) is 5.73 Å². The maximum absolute atomic E-state index is 12.8. The number of hydrogen-bond acceptors (Lipinski definition) is 3. The number of halogens is 1. The van der Waals surface area contributed by atoms with Gasteiger partial charge in [0.25, 0.3) is 0 Å². The molecule has 2 aromatic rings. The van der Waals surface area contributed by atoms with E-state index in [1.165, 1.54) is 0 Å². The number of amides is 1. The summed E-state index contributed by atoms with van der Waals surface area (Å²) < 4.78 is 5.11. The Bertz CT molecular complexity index is 741. The third-order valence-electron chi connectivity index (χ3n) is 3.37. The van der Waals surface area contributed by atoms with Gasteiger partial charge in [-0.1, -0.05) is 48.0 Å². The first-order valence-electron chi connectivity index (χ1n) is 7.16. The van der Waals surface area contributed by atoms with Crippen molar-refractivity contribution in [3.8, 4) is 0 Å². The van der Waals surface area contributed by atoms with E-state index in [1.807, 2.05) is 12.1 Å². The lowest BCUT2D eigenvalue weighted by Crippen LogP contribution is -2.33. The summed E-state index contributed by atoms with van der Waals surface area (Å²) in [7, 11) is 0. The van der Waals surface area contributed by atoms with Crippen LogP contribution in [0.1, 0.15) is 35.3 Å². The minimum Gasteiger partial charge on any atom is -0.443 e. The molecule has 0 unspecified atom stereocenters. The highest BCUT2D eigenvalue weighted by Gasteiger charge is 2.25. The summed E-state index contributed by atoms with van der Waals surface area (Å²) >= 11 is 6.12. The minimum atomic E-state index is -0.843. The van der Waals surface area contributed by atoms with Crippen LogP contribution in [0, 0.1) is 0 Å². The van der Waals surface area contributed by atoms with E-state index in [-0.39, 0.29) is 5.78 Å². The topological polar surface area (TPSA) is 69.4 Å². The average molecular weight is 332 g/mol. The Morgan fingerprint density at radius 2 is 1.61 bits per heavy atom. The molecular formula is C18H18ClNO3. The summed E-state index contributed by atoms with van der Waals surface area (Å²) in [5, 5.41) is 0.403. The van der Waals surface area contributed by atoms with Crippen molar-refractivity contribution < 1.29 is 14.3 Å². The Labute approximate surface area is 140 Å². The van der Waals surface area contributed by atoms with Gasteiger partial charge in [0, 0.05) is 17.5 Å². The van der Waals surface area contributed by atoms with Crippen LogP contribution >= 0.6 is 11.6 Å². The second-order valence-electron chi connectivity index (χ2n) is 5.82. The largest absolute Gasteiger partial charge is 0.443 e. The van der Waals surface area contributed by atoms with Crippen LogP contribution in [0.25, 0.3) is 0 Å². The molecule has 2 rings (SSSR count). The van der Waals surface area contributed by atoms with Gasteiger partial charge in [-0.05, 0) is 31.5 Å². The molecule has 0 aromatic heterocycles. The standard InChI is InChI=1S/C18H18ClNO3/c1-18(2,23-17(20)22)11-12-7-3-4-8-13(12)16(21)14-9-5-6-10-15(14)19/h3-10H,11H2,1-2H3,(H2,20,22). The van der Waals surface area contributed by atoms with Crippen molar-refractivity contribution in [2.75, 3.05) is 0 Å². The van der Waals surface area contributed by atoms with Crippen LogP contribution in [-0.4, -0.2) is 17.5 Å². The lowest BCUT2D eigenvalue weighted by atomic mass is 9.91. The SMILES string of the molecule is CC(C)(Cc1ccccc1C(=O)c1ccccc1Cl)OC(N)=O. The van der Waals surface area contributed by atoms with Gasteiger partial charge < -0.3 is 10.5 Å². The van der Waals surface area contributed by atoms with E-state index in [0.29, 0.717) is 22.6 Å². The van der Waals surface area contributed by atoms with Crippen LogP contribution in [0.4, 0.5) is 4.79 Å². The summed E-state index contributed by atoms with van der Waals surface area (Å²) in [6.07, 6.45) is -0.479. The Morgan fingerprint density at radius 3 is 2.22 bits per heavy atom. The highest BCUT2D eigenvalue weighted by molar-refractivity contribution is 6.35. The number of hydrogen-bond donors (Lipinski definition) is 1. The van der Waals surface area contributed by atoms with Crippen molar-refractivity contribution in [1.29, 1.82) is 0 Å². The van der Waals surface area contributed by atoms with E-state index in [1.54, 1.807) is 50.2 Å². The Morgan fingerprint density at radius 1 is 1.04 bits per heavy atom. The highest BCUT2D eigenvalue weighted by Crippen LogP contribution is 2.24. The molecule has 0 aliphatic rings. The molecule has 0 bridgehead atoms. The third kappa shape index (κ3) is 4.33. The van der Waals surface area contributed by atoms with Crippen molar-refractivity contribution in [2.45, 2.75) is 25.9 Å². The van der Waals surface area contributed by atoms with Crippen molar-refractivity contribution in [3.63, 3.8) is 0 Å². The van der Waals surface area contributed by atoms with Gasteiger partial charge >= 0.3 is 6.09 Å². The van der Waals surface area contributed by atoms with Gasteiger partial charge in [0.05, 0.1) is 5.02 Å². The van der Waals surface area contributed by atoms with Gasteiger partial charge in [0.2, 0.25) is 0 Å². The molecular weight excluding hydrogens is 314 g/mol. The molecule has 0 fully saturated rings. The molecule has 0 radical (unpaired) electrons. The number of ketones is 1. The zero-order valence-corrected chi connectivity index (χ0v) is 13.8. The van der Waals surface area contributed by atoms with Gasteiger partial charge in [-0.3, -0.25) is 4.79 Å². The number of nitrogens with two attached hydrogens (primary N) is 1. The molecule has 2 aromatic carbocycles. The van der Waals surface area contributed by atoms with Gasteiger partial charge in [-0.25, -0.2) is 4.79 Å². The van der Waals surface area contributed by atoms with E-state index < -0.39 is 11.7 Å². The fraction of sp³-hybridized carbons (Fsp3) is 0.222. The highest BCUT2D eigenvalue weighted by atomic mass is 35.5. The van der Waals surface area contributed by atoms with E-state index in [4.69, 9.17) is 22.1 Å². The second kappa shape index (κ2) is 6.84. The summed E-state index contributed by atoms with van der Waals surface area (Å²) in [5.41, 5.74) is 6.02. The Balaban J connectivity index is 2.36. The molecule has 23 heavy (non-hydrogen) atoms. The van der Waals surface area contributed by atoms with E-state index in [0.717, 1.165) is 5.56 Å². The number of ether oxygens (including phenoxy) is 1. The molecule has 1 amide bonds. The molecule has 0 aliphatic heterocycles. The monoisotopic (exact) mass is 331 g/mol. The summed E-state index contributed by atoms with van der Waals surface area (Å²) in [6.45, 7) is 3.49. The van der Waals surface area contributed by atoms with Gasteiger partial charge in [0.15, 0.2) is 5.78 Å². The Hall–Kier alpha value is -2.33. The maximum atomic E-state index is 12.8. The molecule has 0 heterocycles. The lowest BCUT2D eigenvalue weighted by molar-refractivity contribution is 0.0459. The van der Waals surface area contributed by atoms with Crippen molar-refractivity contribution in [1.82, 2.24) is 0 Å². The van der Waals surface area contributed by atoms with E-state index in [9.17, 15) is 9.59 Å². The van der Waals surface area contributed by atoms with Crippen LogP contribution in [0.2, 0.25) is 5.02 Å². The predicted octanol–water partition coefficient (Wildman–Crippen LogP) is 3.99. The molecule has 0 atom stereocenters. The number of carbonyl (C=O) groups excluding carboxylic acids is 2. The predicted molar refractivity (Wildman–Crippen MR) is 89.8 cm³/mol. The zero-order valence-electron chi connectivity index (χ0n) is 13.0. The molecule has 0 saturated carbocycles. The first kappa shape index (κ1) is 17.0. The average Bonchev–Trinajstić information content (AvgIpc) is 2.46. The molecule has 4 nitrogen and oxygen atoms in total. The Kier molecular flexibility index (Phi) is 5.06. The third-order valence-corrected chi connectivity index (χ3v) is 3.70. The van der Waals surface area contributed by atoms with Crippen LogP contribution in [0.15, 0.2) is 48.5 Å². The van der Waals surface area contributed by atoms with Crippen LogP contribution in [0.3, 0.4) is 0 Å². The van der Waals surface area contributed by atoms with Gasteiger partial charge in [-0.15, -0.1) is 0 Å². The lowest BCUT2D eigenvalue weighted by Gasteiger charge is -2.25. The quantitative estimate of drug-likeness (QED) is 0.842. The smallest absolute Gasteiger partial charge is 0.405 e. The molecule has 5 heteroatoms. The first-order chi connectivity index (χ1) is 10.8. The van der Waals surface area contributed by atoms with Gasteiger partial charge in [-0.2, -0.15) is 0 Å². The van der Waals surface area contributed by atoms with Crippen LogP contribution in [-0.2, 0) is 11.2 Å². The maximum Gasteiger partial charge on any atom is 0.405 e. The van der Waals surface area contributed by atoms with E-state index >= 15 is 0 Å². The summed E-state index contributed by atoms with van der Waals surface area (Å²) in [6, 6.07) is 14.1. The second-order valence-corrected chi connectivity index (χ2v) is 6.23. The number of rotatable bonds is 5. The number of carbonyl (C=O) groups is 2. The van der Waals surface area contributed by atoms with Crippen LogP contribution in [0.5, 0.6) is 0 Å². The minimum absolute atomic E-state index is 0.166. The van der Waals surface area contributed by atoms with Crippen molar-refractivity contribution in [3.05, 3.63) is 70.2 Å². The van der Waals surface area contributed by atoms with Gasteiger partial charge in [0.1, 0.15) is 5.60 Å². The molecule has 120 valence electrons. The fourth-order valence-corrected chi connectivity index (χ4v) is 2.68. The number of primary amides is 1. The van der Waals surface area contributed by atoms with Crippen molar-refractivity contribution >= 4 is 23.5 Å². The first-order valence-corrected chi connectivity index (χ1v) is 7.53. The molecule has 0 spiro atoms. The molecule has 0 aliphatic carbocycles. The molecule has 0 saturated heterocycles. The van der Waals surface area contributed by atoms with Crippen LogP contribution < -0.4 is 5.73 Å².